The van der Waals surface area contributed by atoms with Gasteiger partial charge in [0, 0.05) is 19.7 Å². The second kappa shape index (κ2) is 5.47. The maximum Gasteiger partial charge on any atom is 0.224 e. The molecule has 0 radical (unpaired) electrons. The predicted octanol–water partition coefficient (Wildman–Crippen LogP) is 0.139. The smallest absolute Gasteiger partial charge is 0.224 e. The molecule has 2 N–H and O–H groups in total. The Balaban J connectivity index is 1.46. The second-order valence-electron chi connectivity index (χ2n) is 4.50. The third-order valence-corrected chi connectivity index (χ3v) is 3.03. The fourth-order valence-electron chi connectivity index (χ4n) is 1.80. The van der Waals surface area contributed by atoms with Crippen molar-refractivity contribution in [1.29, 1.82) is 0 Å². The SMILES string of the molecule is O=C(NCCOCC1CC1)C1CCNC1. The van der Waals surface area contributed by atoms with E-state index in [2.05, 4.69) is 10.6 Å². The lowest BCUT2D eigenvalue weighted by molar-refractivity contribution is -0.124. The molecule has 0 aromatic rings. The number of hydrogen-bond acceptors (Lipinski definition) is 3. The Hall–Kier alpha value is -0.610. The Bertz CT molecular complexity index is 211. The molecule has 1 saturated carbocycles. The first-order valence-corrected chi connectivity index (χ1v) is 5.92. The van der Waals surface area contributed by atoms with Crippen LogP contribution >= 0.6 is 0 Å². The lowest BCUT2D eigenvalue weighted by Gasteiger charge is -2.09. The number of carbonyl (C=O) groups is 1. The van der Waals surface area contributed by atoms with Gasteiger partial charge in [-0.25, -0.2) is 0 Å². The molecule has 4 heteroatoms. The molecule has 2 rings (SSSR count). The van der Waals surface area contributed by atoms with Crippen molar-refractivity contribution in [3.05, 3.63) is 0 Å². The van der Waals surface area contributed by atoms with Crippen molar-refractivity contribution in [1.82, 2.24) is 10.6 Å². The average Bonchev–Trinajstić information content (AvgIpc) is 2.90. The van der Waals surface area contributed by atoms with Crippen LogP contribution in [0, 0.1) is 11.8 Å². The van der Waals surface area contributed by atoms with Gasteiger partial charge < -0.3 is 15.4 Å². The first-order valence-electron chi connectivity index (χ1n) is 5.92. The van der Waals surface area contributed by atoms with Crippen LogP contribution in [0.1, 0.15) is 19.3 Å². The van der Waals surface area contributed by atoms with Gasteiger partial charge in [0.05, 0.1) is 12.5 Å². The number of rotatable bonds is 6. The normalized spacial score (nSPS) is 25.5. The zero-order chi connectivity index (χ0) is 10.5. The molecule has 86 valence electrons. The van der Waals surface area contributed by atoms with E-state index >= 15 is 0 Å². The van der Waals surface area contributed by atoms with Crippen LogP contribution in [0.4, 0.5) is 0 Å². The molecule has 0 aromatic heterocycles. The average molecular weight is 212 g/mol. The lowest BCUT2D eigenvalue weighted by atomic mass is 10.1. The van der Waals surface area contributed by atoms with Gasteiger partial charge in [-0.15, -0.1) is 0 Å². The van der Waals surface area contributed by atoms with Gasteiger partial charge in [0.1, 0.15) is 0 Å². The van der Waals surface area contributed by atoms with Crippen LogP contribution in [0.5, 0.6) is 0 Å². The molecule has 1 aliphatic heterocycles. The zero-order valence-corrected chi connectivity index (χ0v) is 9.13. The number of carbonyl (C=O) groups excluding carboxylic acids is 1. The monoisotopic (exact) mass is 212 g/mol. The van der Waals surface area contributed by atoms with Gasteiger partial charge in [-0.05, 0) is 31.7 Å². The van der Waals surface area contributed by atoms with Crippen LogP contribution in [0.25, 0.3) is 0 Å². The van der Waals surface area contributed by atoms with E-state index in [1.54, 1.807) is 0 Å². The van der Waals surface area contributed by atoms with Crippen molar-refractivity contribution < 1.29 is 9.53 Å². The van der Waals surface area contributed by atoms with Crippen LogP contribution in [-0.2, 0) is 9.53 Å². The Morgan fingerprint density at radius 3 is 2.93 bits per heavy atom. The highest BCUT2D eigenvalue weighted by atomic mass is 16.5. The number of nitrogens with one attached hydrogen (secondary N) is 2. The molecule has 15 heavy (non-hydrogen) atoms. The Morgan fingerprint density at radius 1 is 1.40 bits per heavy atom. The van der Waals surface area contributed by atoms with Crippen molar-refractivity contribution in [2.75, 3.05) is 32.8 Å². The van der Waals surface area contributed by atoms with E-state index in [9.17, 15) is 4.79 Å². The van der Waals surface area contributed by atoms with Gasteiger partial charge in [-0.2, -0.15) is 0 Å². The summed E-state index contributed by atoms with van der Waals surface area (Å²) in [7, 11) is 0. The van der Waals surface area contributed by atoms with Gasteiger partial charge in [0.15, 0.2) is 0 Å². The van der Waals surface area contributed by atoms with Gasteiger partial charge in [-0.1, -0.05) is 0 Å². The van der Waals surface area contributed by atoms with Crippen molar-refractivity contribution in [3.63, 3.8) is 0 Å². The second-order valence-corrected chi connectivity index (χ2v) is 4.50. The molecule has 1 atom stereocenters. The van der Waals surface area contributed by atoms with Crippen LogP contribution in [-0.4, -0.2) is 38.8 Å². The predicted molar refractivity (Wildman–Crippen MR) is 57.5 cm³/mol. The van der Waals surface area contributed by atoms with Crippen molar-refractivity contribution >= 4 is 5.91 Å². The Labute approximate surface area is 90.8 Å². The number of hydrogen-bond donors (Lipinski definition) is 2. The maximum absolute atomic E-state index is 11.5. The summed E-state index contributed by atoms with van der Waals surface area (Å²) >= 11 is 0. The highest BCUT2D eigenvalue weighted by Gasteiger charge is 2.22. The van der Waals surface area contributed by atoms with Gasteiger partial charge >= 0.3 is 0 Å². The molecule has 1 amide bonds. The number of ether oxygens (including phenoxy) is 1. The summed E-state index contributed by atoms with van der Waals surface area (Å²) in [5.41, 5.74) is 0. The van der Waals surface area contributed by atoms with Crippen LogP contribution < -0.4 is 10.6 Å². The van der Waals surface area contributed by atoms with Crippen molar-refractivity contribution in [2.45, 2.75) is 19.3 Å². The highest BCUT2D eigenvalue weighted by Crippen LogP contribution is 2.28. The van der Waals surface area contributed by atoms with Gasteiger partial charge in [-0.3, -0.25) is 4.79 Å². The fraction of sp³-hybridized carbons (Fsp3) is 0.909. The quantitative estimate of drug-likeness (QED) is 0.616. The molecular weight excluding hydrogens is 192 g/mol. The first-order chi connectivity index (χ1) is 7.36. The fourth-order valence-corrected chi connectivity index (χ4v) is 1.80. The summed E-state index contributed by atoms with van der Waals surface area (Å²) in [4.78, 5) is 11.5. The minimum absolute atomic E-state index is 0.174. The van der Waals surface area contributed by atoms with Crippen LogP contribution in [0.3, 0.4) is 0 Å². The number of amides is 1. The van der Waals surface area contributed by atoms with E-state index in [0.717, 1.165) is 32.0 Å². The molecule has 1 aliphatic carbocycles. The molecule has 0 aromatic carbocycles. The molecule has 2 aliphatic rings. The summed E-state index contributed by atoms with van der Waals surface area (Å²) < 4.78 is 5.44. The van der Waals surface area contributed by atoms with E-state index in [-0.39, 0.29) is 11.8 Å². The Morgan fingerprint density at radius 2 is 2.27 bits per heavy atom. The minimum Gasteiger partial charge on any atom is -0.379 e. The zero-order valence-electron chi connectivity index (χ0n) is 9.13. The van der Waals surface area contributed by atoms with E-state index in [1.165, 1.54) is 12.8 Å². The topological polar surface area (TPSA) is 50.4 Å². The molecule has 2 fully saturated rings. The summed E-state index contributed by atoms with van der Waals surface area (Å²) in [5, 5.41) is 6.10. The molecule has 4 nitrogen and oxygen atoms in total. The third-order valence-electron chi connectivity index (χ3n) is 3.03. The Kier molecular flexibility index (Phi) is 3.97. The molecule has 1 unspecified atom stereocenters. The maximum atomic E-state index is 11.5. The van der Waals surface area contributed by atoms with E-state index < -0.39 is 0 Å². The lowest BCUT2D eigenvalue weighted by Crippen LogP contribution is -2.34. The summed E-state index contributed by atoms with van der Waals surface area (Å²) in [5.74, 6) is 1.16. The van der Waals surface area contributed by atoms with E-state index in [0.29, 0.717) is 13.2 Å². The van der Waals surface area contributed by atoms with Crippen molar-refractivity contribution in [2.24, 2.45) is 11.8 Å². The molecule has 1 saturated heterocycles. The van der Waals surface area contributed by atoms with Crippen LogP contribution in [0.2, 0.25) is 0 Å². The largest absolute Gasteiger partial charge is 0.379 e. The summed E-state index contributed by atoms with van der Waals surface area (Å²) in [6.07, 6.45) is 3.61. The molecule has 1 heterocycles. The molecular formula is C11H20N2O2. The van der Waals surface area contributed by atoms with E-state index in [1.807, 2.05) is 0 Å². The van der Waals surface area contributed by atoms with Gasteiger partial charge in [0.2, 0.25) is 5.91 Å². The minimum atomic E-state index is 0.174. The van der Waals surface area contributed by atoms with E-state index in [4.69, 9.17) is 4.74 Å². The standard InChI is InChI=1S/C11H20N2O2/c14-11(10-3-4-12-7-10)13-5-6-15-8-9-1-2-9/h9-10,12H,1-8H2,(H,13,14). The molecule has 0 spiro atoms. The third kappa shape index (κ3) is 3.80. The molecule has 0 bridgehead atoms. The summed E-state index contributed by atoms with van der Waals surface area (Å²) in [6.45, 7) is 3.98. The highest BCUT2D eigenvalue weighted by molar-refractivity contribution is 5.79. The summed E-state index contributed by atoms with van der Waals surface area (Å²) in [6, 6.07) is 0. The first kappa shape index (κ1) is 10.9. The van der Waals surface area contributed by atoms with Gasteiger partial charge in [0.25, 0.3) is 0 Å². The van der Waals surface area contributed by atoms with Crippen LogP contribution in [0.15, 0.2) is 0 Å². The van der Waals surface area contributed by atoms with Crippen molar-refractivity contribution in [3.8, 4) is 0 Å².